The number of aliphatic carboxylic acids is 2. The molecule has 8 nitrogen and oxygen atoms in total. The molecule has 104 valence electrons. The minimum atomic E-state index is -1.22. The Morgan fingerprint density at radius 1 is 0.737 bits per heavy atom. The van der Waals surface area contributed by atoms with Crippen LogP contribution >= 0.6 is 0 Å². The van der Waals surface area contributed by atoms with Crippen molar-refractivity contribution < 1.29 is 29.4 Å². The Hall–Kier alpha value is -2.64. The van der Waals surface area contributed by atoms with Gasteiger partial charge in [0.2, 0.25) is 11.8 Å². The zero-order valence-corrected chi connectivity index (χ0v) is 9.96. The molecule has 0 aliphatic heterocycles. The fourth-order valence-corrected chi connectivity index (χ4v) is 0.923. The van der Waals surface area contributed by atoms with E-state index in [-0.39, 0.29) is 13.1 Å². The van der Waals surface area contributed by atoms with Crippen LogP contribution < -0.4 is 10.6 Å². The molecule has 0 aromatic rings. The second kappa shape index (κ2) is 9.40. The molecule has 0 atom stereocenters. The number of carboxylic acids is 2. The van der Waals surface area contributed by atoms with Crippen molar-refractivity contribution in [3.8, 4) is 0 Å². The number of nitrogens with one attached hydrogen (secondary N) is 2. The van der Waals surface area contributed by atoms with Crippen LogP contribution in [0.3, 0.4) is 0 Å². The van der Waals surface area contributed by atoms with Crippen LogP contribution in [0.15, 0.2) is 24.3 Å². The molecule has 0 saturated carbocycles. The number of amides is 2. The van der Waals surface area contributed by atoms with Crippen molar-refractivity contribution in [2.75, 3.05) is 13.1 Å². The van der Waals surface area contributed by atoms with E-state index in [1.54, 1.807) is 0 Å². The lowest BCUT2D eigenvalue weighted by molar-refractivity contribution is -0.132. The molecule has 0 rings (SSSR count). The fourth-order valence-electron chi connectivity index (χ4n) is 0.923. The van der Waals surface area contributed by atoms with Gasteiger partial charge in [-0.05, 0) is 6.42 Å². The quantitative estimate of drug-likeness (QED) is 0.326. The minimum absolute atomic E-state index is 0.256. The molecule has 8 heteroatoms. The molecule has 0 bridgehead atoms. The largest absolute Gasteiger partial charge is 0.478 e. The predicted octanol–water partition coefficient (Wildman–Crippen LogP) is -1.11. The van der Waals surface area contributed by atoms with Gasteiger partial charge in [-0.2, -0.15) is 0 Å². The van der Waals surface area contributed by atoms with Crippen LogP contribution in [0.4, 0.5) is 0 Å². The summed E-state index contributed by atoms with van der Waals surface area (Å²) in [4.78, 5) is 42.2. The molecule has 19 heavy (non-hydrogen) atoms. The number of hydrogen-bond acceptors (Lipinski definition) is 4. The normalized spacial score (nSPS) is 10.5. The summed E-state index contributed by atoms with van der Waals surface area (Å²) in [6.45, 7) is 0.511. The van der Waals surface area contributed by atoms with E-state index in [1.807, 2.05) is 0 Å². The molecule has 0 heterocycles. The molecule has 0 saturated heterocycles. The van der Waals surface area contributed by atoms with Crippen molar-refractivity contribution >= 4 is 23.8 Å². The highest BCUT2D eigenvalue weighted by molar-refractivity contribution is 5.94. The highest BCUT2D eigenvalue weighted by Crippen LogP contribution is 1.79. The Labute approximate surface area is 108 Å². The van der Waals surface area contributed by atoms with Crippen LogP contribution in [-0.2, 0) is 19.2 Å². The van der Waals surface area contributed by atoms with Gasteiger partial charge in [-0.3, -0.25) is 9.59 Å². The smallest absolute Gasteiger partial charge is 0.328 e. The molecule has 0 radical (unpaired) electrons. The van der Waals surface area contributed by atoms with E-state index in [2.05, 4.69) is 10.6 Å². The second-order valence-corrected chi connectivity index (χ2v) is 3.28. The lowest BCUT2D eigenvalue weighted by atomic mass is 10.4. The predicted molar refractivity (Wildman–Crippen MR) is 64.2 cm³/mol. The standard InChI is InChI=1S/C11H14N2O6/c14-8(2-4-10(16)17)12-6-1-7-13-9(15)3-5-11(18)19/h2-5H,1,6-7H2,(H,12,14)(H,13,15)(H,16,17)(H,18,19). The molecular formula is C11H14N2O6. The van der Waals surface area contributed by atoms with Crippen LogP contribution in [0.25, 0.3) is 0 Å². The van der Waals surface area contributed by atoms with E-state index in [1.165, 1.54) is 0 Å². The van der Waals surface area contributed by atoms with Gasteiger partial charge in [0.1, 0.15) is 0 Å². The van der Waals surface area contributed by atoms with Gasteiger partial charge in [-0.15, -0.1) is 0 Å². The van der Waals surface area contributed by atoms with Gasteiger partial charge in [0.05, 0.1) is 0 Å². The summed E-state index contributed by atoms with van der Waals surface area (Å²) in [6, 6.07) is 0. The second-order valence-electron chi connectivity index (χ2n) is 3.28. The first-order valence-electron chi connectivity index (χ1n) is 5.29. The maximum absolute atomic E-state index is 11.0. The Morgan fingerprint density at radius 2 is 1.11 bits per heavy atom. The Morgan fingerprint density at radius 3 is 1.42 bits per heavy atom. The SMILES string of the molecule is O=C(O)C=CC(=O)NCCCNC(=O)C=CC(=O)O. The third-order valence-corrected chi connectivity index (χ3v) is 1.71. The summed E-state index contributed by atoms with van der Waals surface area (Å²) >= 11 is 0. The highest BCUT2D eigenvalue weighted by atomic mass is 16.4. The Kier molecular flexibility index (Phi) is 8.09. The monoisotopic (exact) mass is 270 g/mol. The minimum Gasteiger partial charge on any atom is -0.478 e. The van der Waals surface area contributed by atoms with Crippen molar-refractivity contribution in [1.82, 2.24) is 10.6 Å². The van der Waals surface area contributed by atoms with Crippen LogP contribution in [0.5, 0.6) is 0 Å². The third-order valence-electron chi connectivity index (χ3n) is 1.71. The topological polar surface area (TPSA) is 133 Å². The zero-order valence-electron chi connectivity index (χ0n) is 9.96. The molecule has 0 fully saturated rings. The number of carboxylic acid groups (broad SMARTS) is 2. The van der Waals surface area contributed by atoms with Crippen LogP contribution in [0.2, 0.25) is 0 Å². The van der Waals surface area contributed by atoms with Gasteiger partial charge >= 0.3 is 11.9 Å². The summed E-state index contributed by atoms with van der Waals surface area (Å²) in [6.07, 6.45) is 3.63. The summed E-state index contributed by atoms with van der Waals surface area (Å²) in [7, 11) is 0. The van der Waals surface area contributed by atoms with Crippen LogP contribution in [0, 0.1) is 0 Å². The Balaban J connectivity index is 3.65. The maximum Gasteiger partial charge on any atom is 0.328 e. The molecule has 0 aromatic heterocycles. The molecule has 0 aliphatic rings. The van der Waals surface area contributed by atoms with Crippen LogP contribution in [0.1, 0.15) is 6.42 Å². The summed E-state index contributed by atoms with van der Waals surface area (Å²) in [5, 5.41) is 21.3. The number of hydrogen-bond donors (Lipinski definition) is 4. The van der Waals surface area contributed by atoms with Gasteiger partial charge in [-0.1, -0.05) is 0 Å². The van der Waals surface area contributed by atoms with Gasteiger partial charge in [0.15, 0.2) is 0 Å². The zero-order chi connectivity index (χ0) is 14.7. The van der Waals surface area contributed by atoms with Gasteiger partial charge in [0.25, 0.3) is 0 Å². The van der Waals surface area contributed by atoms with E-state index in [4.69, 9.17) is 10.2 Å². The van der Waals surface area contributed by atoms with E-state index in [0.717, 1.165) is 12.2 Å². The first-order chi connectivity index (χ1) is 8.91. The number of carbonyl (C=O) groups excluding carboxylic acids is 2. The number of carbonyl (C=O) groups is 4. The average molecular weight is 270 g/mol. The fraction of sp³-hybridized carbons (Fsp3) is 0.273. The molecule has 2 amide bonds. The molecule has 0 spiro atoms. The maximum atomic E-state index is 11.0. The molecule has 0 aromatic carbocycles. The average Bonchev–Trinajstić information content (AvgIpc) is 2.33. The van der Waals surface area contributed by atoms with E-state index in [0.29, 0.717) is 18.6 Å². The highest BCUT2D eigenvalue weighted by Gasteiger charge is 1.98. The first kappa shape index (κ1) is 16.4. The molecular weight excluding hydrogens is 256 g/mol. The van der Waals surface area contributed by atoms with Gasteiger partial charge in [0, 0.05) is 37.4 Å². The van der Waals surface area contributed by atoms with Gasteiger partial charge < -0.3 is 20.8 Å². The number of rotatable bonds is 8. The van der Waals surface area contributed by atoms with Crippen LogP contribution in [-0.4, -0.2) is 47.1 Å². The van der Waals surface area contributed by atoms with Crippen molar-refractivity contribution in [3.05, 3.63) is 24.3 Å². The van der Waals surface area contributed by atoms with Crippen molar-refractivity contribution in [2.24, 2.45) is 0 Å². The third kappa shape index (κ3) is 11.6. The molecule has 0 unspecified atom stereocenters. The molecule has 0 aliphatic carbocycles. The lowest BCUT2D eigenvalue weighted by Crippen LogP contribution is -2.28. The lowest BCUT2D eigenvalue weighted by Gasteiger charge is -2.03. The van der Waals surface area contributed by atoms with E-state index in [9.17, 15) is 19.2 Å². The summed E-state index contributed by atoms with van der Waals surface area (Å²) in [5.41, 5.74) is 0. The van der Waals surface area contributed by atoms with E-state index < -0.39 is 23.8 Å². The van der Waals surface area contributed by atoms with E-state index >= 15 is 0 Å². The first-order valence-corrected chi connectivity index (χ1v) is 5.29. The molecule has 4 N–H and O–H groups in total. The Bertz CT molecular complexity index is 375. The van der Waals surface area contributed by atoms with Crippen molar-refractivity contribution in [1.29, 1.82) is 0 Å². The van der Waals surface area contributed by atoms with Crippen molar-refractivity contribution in [3.63, 3.8) is 0 Å². The van der Waals surface area contributed by atoms with Crippen molar-refractivity contribution in [2.45, 2.75) is 6.42 Å². The van der Waals surface area contributed by atoms with Gasteiger partial charge in [-0.25, -0.2) is 9.59 Å². The summed E-state index contributed by atoms with van der Waals surface area (Å²) in [5.74, 6) is -3.51. The summed E-state index contributed by atoms with van der Waals surface area (Å²) < 4.78 is 0.